The van der Waals surface area contributed by atoms with Gasteiger partial charge in [-0.25, -0.2) is 4.98 Å². The molecule has 3 nitrogen and oxygen atoms in total. The number of carbonyl (C=O) groups excluding carboxylic acids is 1. The van der Waals surface area contributed by atoms with Crippen LogP contribution in [-0.2, 0) is 4.79 Å². The fraction of sp³-hybridized carbons (Fsp3) is 0.429. The third-order valence-electron chi connectivity index (χ3n) is 3.59. The van der Waals surface area contributed by atoms with Gasteiger partial charge >= 0.3 is 0 Å². The van der Waals surface area contributed by atoms with Crippen LogP contribution < -0.4 is 0 Å². The fourth-order valence-electron chi connectivity index (χ4n) is 2.54. The Morgan fingerprint density at radius 3 is 2.83 bits per heavy atom. The van der Waals surface area contributed by atoms with Crippen molar-refractivity contribution in [2.45, 2.75) is 38.5 Å². The zero-order chi connectivity index (χ0) is 12.5. The van der Waals surface area contributed by atoms with Crippen LogP contribution in [0, 0.1) is 6.92 Å². The number of hydrogen-bond donors (Lipinski definition) is 1. The number of rotatable bonds is 2. The Labute approximate surface area is 110 Å². The van der Waals surface area contributed by atoms with Crippen LogP contribution in [0.4, 0.5) is 0 Å². The van der Waals surface area contributed by atoms with E-state index in [0.717, 1.165) is 30.1 Å². The standard InChI is InChI=1S/C14H16N2OS/c1-9-13(12-3-2-8-18-12)16-14(15-9)10-4-6-11(17)7-5-10/h2-3,8,10H,4-7H2,1H3,(H,15,16). The molecule has 18 heavy (non-hydrogen) atoms. The van der Waals surface area contributed by atoms with E-state index in [0.29, 0.717) is 24.5 Å². The molecule has 1 saturated carbocycles. The zero-order valence-corrected chi connectivity index (χ0v) is 11.2. The van der Waals surface area contributed by atoms with Gasteiger partial charge in [-0.3, -0.25) is 4.79 Å². The molecule has 1 aliphatic carbocycles. The maximum absolute atomic E-state index is 11.3. The first-order valence-corrected chi connectivity index (χ1v) is 7.24. The SMILES string of the molecule is Cc1[nH]c(C2CCC(=O)CC2)nc1-c1cccs1. The topological polar surface area (TPSA) is 45.8 Å². The third kappa shape index (κ3) is 2.12. The quantitative estimate of drug-likeness (QED) is 0.895. The molecule has 94 valence electrons. The lowest BCUT2D eigenvalue weighted by Gasteiger charge is -2.18. The van der Waals surface area contributed by atoms with Gasteiger partial charge in [-0.15, -0.1) is 11.3 Å². The molecular weight excluding hydrogens is 244 g/mol. The Hall–Kier alpha value is -1.42. The fourth-order valence-corrected chi connectivity index (χ4v) is 3.31. The second-order valence-electron chi connectivity index (χ2n) is 4.89. The zero-order valence-electron chi connectivity index (χ0n) is 10.4. The minimum Gasteiger partial charge on any atom is -0.345 e. The number of ketones is 1. The number of nitrogens with zero attached hydrogens (tertiary/aromatic N) is 1. The Morgan fingerprint density at radius 1 is 1.39 bits per heavy atom. The van der Waals surface area contributed by atoms with E-state index < -0.39 is 0 Å². The number of aryl methyl sites for hydroxylation is 1. The van der Waals surface area contributed by atoms with E-state index in [9.17, 15) is 4.79 Å². The highest BCUT2D eigenvalue weighted by Crippen LogP contribution is 2.33. The summed E-state index contributed by atoms with van der Waals surface area (Å²) in [5.41, 5.74) is 2.20. The van der Waals surface area contributed by atoms with E-state index in [1.54, 1.807) is 11.3 Å². The minimum atomic E-state index is 0.396. The summed E-state index contributed by atoms with van der Waals surface area (Å²) in [7, 11) is 0. The average molecular weight is 260 g/mol. The van der Waals surface area contributed by atoms with Gasteiger partial charge in [0.15, 0.2) is 0 Å². The van der Waals surface area contributed by atoms with Crippen LogP contribution in [0.15, 0.2) is 17.5 Å². The number of carbonyl (C=O) groups is 1. The highest BCUT2D eigenvalue weighted by Gasteiger charge is 2.23. The number of aromatic nitrogens is 2. The number of aromatic amines is 1. The number of nitrogens with one attached hydrogen (secondary N) is 1. The van der Waals surface area contributed by atoms with Crippen molar-refractivity contribution in [3.8, 4) is 10.6 Å². The van der Waals surface area contributed by atoms with Gasteiger partial charge in [0.05, 0.1) is 4.88 Å². The van der Waals surface area contributed by atoms with Crippen molar-refractivity contribution in [3.63, 3.8) is 0 Å². The van der Waals surface area contributed by atoms with E-state index in [1.165, 1.54) is 4.88 Å². The molecule has 0 aliphatic heterocycles. The molecule has 0 spiro atoms. The molecule has 3 rings (SSSR count). The van der Waals surface area contributed by atoms with Gasteiger partial charge in [0.1, 0.15) is 17.3 Å². The van der Waals surface area contributed by atoms with Gasteiger partial charge < -0.3 is 4.98 Å². The normalized spacial score (nSPS) is 17.3. The van der Waals surface area contributed by atoms with Crippen LogP contribution >= 0.6 is 11.3 Å². The molecule has 1 N–H and O–H groups in total. The van der Waals surface area contributed by atoms with Crippen molar-refractivity contribution in [1.29, 1.82) is 0 Å². The van der Waals surface area contributed by atoms with Crippen molar-refractivity contribution in [2.75, 3.05) is 0 Å². The van der Waals surface area contributed by atoms with Crippen LogP contribution in [0.1, 0.15) is 43.1 Å². The summed E-state index contributed by atoms with van der Waals surface area (Å²) in [6.07, 6.45) is 3.29. The van der Waals surface area contributed by atoms with E-state index in [4.69, 9.17) is 4.98 Å². The second kappa shape index (κ2) is 4.69. The Morgan fingerprint density at radius 2 is 2.17 bits per heavy atom. The monoisotopic (exact) mass is 260 g/mol. The first-order chi connectivity index (χ1) is 8.74. The summed E-state index contributed by atoms with van der Waals surface area (Å²) < 4.78 is 0. The predicted octanol–water partition coefficient (Wildman–Crippen LogP) is 3.67. The van der Waals surface area contributed by atoms with Crippen molar-refractivity contribution in [2.24, 2.45) is 0 Å². The lowest BCUT2D eigenvalue weighted by molar-refractivity contribution is -0.120. The van der Waals surface area contributed by atoms with Gasteiger partial charge in [0.25, 0.3) is 0 Å². The molecule has 0 atom stereocenters. The molecule has 4 heteroatoms. The number of thiophene rings is 1. The Kier molecular flexibility index (Phi) is 3.04. The largest absolute Gasteiger partial charge is 0.345 e. The minimum absolute atomic E-state index is 0.396. The molecule has 0 bridgehead atoms. The third-order valence-corrected chi connectivity index (χ3v) is 4.46. The van der Waals surface area contributed by atoms with Crippen LogP contribution in [0.5, 0.6) is 0 Å². The predicted molar refractivity (Wildman–Crippen MR) is 72.9 cm³/mol. The molecular formula is C14H16N2OS. The van der Waals surface area contributed by atoms with Gasteiger partial charge in [-0.05, 0) is 31.2 Å². The molecule has 0 radical (unpaired) electrons. The molecule has 0 saturated heterocycles. The molecule has 0 aromatic carbocycles. The Bertz CT molecular complexity index is 546. The van der Waals surface area contributed by atoms with Crippen molar-refractivity contribution < 1.29 is 4.79 Å². The first-order valence-electron chi connectivity index (χ1n) is 6.36. The first kappa shape index (κ1) is 11.7. The maximum Gasteiger partial charge on any atom is 0.132 e. The van der Waals surface area contributed by atoms with Crippen LogP contribution in [0.3, 0.4) is 0 Å². The summed E-state index contributed by atoms with van der Waals surface area (Å²) >= 11 is 1.71. The number of H-pyrrole nitrogens is 1. The lowest BCUT2D eigenvalue weighted by atomic mass is 9.88. The summed E-state index contributed by atoms with van der Waals surface area (Å²) in [4.78, 5) is 20.6. The molecule has 1 aliphatic rings. The molecule has 0 unspecified atom stereocenters. The van der Waals surface area contributed by atoms with Gasteiger partial charge in [-0.2, -0.15) is 0 Å². The van der Waals surface area contributed by atoms with Crippen LogP contribution in [-0.4, -0.2) is 15.8 Å². The van der Waals surface area contributed by atoms with E-state index in [2.05, 4.69) is 23.4 Å². The average Bonchev–Trinajstić information content (AvgIpc) is 2.99. The van der Waals surface area contributed by atoms with E-state index in [1.807, 2.05) is 6.07 Å². The van der Waals surface area contributed by atoms with Crippen molar-refractivity contribution in [1.82, 2.24) is 9.97 Å². The smallest absolute Gasteiger partial charge is 0.132 e. The molecule has 1 fully saturated rings. The summed E-state index contributed by atoms with van der Waals surface area (Å²) in [6, 6.07) is 4.15. The van der Waals surface area contributed by atoms with Gasteiger partial charge in [0.2, 0.25) is 0 Å². The van der Waals surface area contributed by atoms with E-state index >= 15 is 0 Å². The Balaban J connectivity index is 1.86. The van der Waals surface area contributed by atoms with Crippen LogP contribution in [0.2, 0.25) is 0 Å². The number of Topliss-reactive ketones (excluding diaryl/α,β-unsaturated/α-hetero) is 1. The highest BCUT2D eigenvalue weighted by molar-refractivity contribution is 7.13. The van der Waals surface area contributed by atoms with Gasteiger partial charge in [0, 0.05) is 24.5 Å². The van der Waals surface area contributed by atoms with Gasteiger partial charge in [-0.1, -0.05) is 6.07 Å². The van der Waals surface area contributed by atoms with Crippen LogP contribution in [0.25, 0.3) is 10.6 Å². The van der Waals surface area contributed by atoms with Crippen molar-refractivity contribution in [3.05, 3.63) is 29.0 Å². The second-order valence-corrected chi connectivity index (χ2v) is 5.83. The van der Waals surface area contributed by atoms with Crippen molar-refractivity contribution >= 4 is 17.1 Å². The summed E-state index contributed by atoms with van der Waals surface area (Å²) in [6.45, 7) is 2.07. The number of imidazole rings is 1. The molecule has 0 amide bonds. The highest BCUT2D eigenvalue weighted by atomic mass is 32.1. The molecule has 2 heterocycles. The summed E-state index contributed by atoms with van der Waals surface area (Å²) in [5.74, 6) is 1.88. The lowest BCUT2D eigenvalue weighted by Crippen LogP contribution is -2.13. The number of hydrogen-bond acceptors (Lipinski definition) is 3. The molecule has 2 aromatic rings. The van der Waals surface area contributed by atoms with E-state index in [-0.39, 0.29) is 0 Å². The summed E-state index contributed by atoms with van der Waals surface area (Å²) in [5, 5.41) is 2.07. The maximum atomic E-state index is 11.3. The molecule has 2 aromatic heterocycles.